The van der Waals surface area contributed by atoms with Gasteiger partial charge in [0.05, 0.1) is 11.8 Å². The zero-order valence-electron chi connectivity index (χ0n) is 8.38. The molecular weight excluding hydrogens is 214 g/mol. The van der Waals surface area contributed by atoms with E-state index in [9.17, 15) is 10.2 Å². The molecule has 0 aliphatic carbocycles. The molecule has 0 aliphatic heterocycles. The van der Waals surface area contributed by atoms with Gasteiger partial charge in [0, 0.05) is 17.5 Å². The van der Waals surface area contributed by atoms with Crippen LogP contribution < -0.4 is 11.5 Å². The quantitative estimate of drug-likeness (QED) is 0.465. The summed E-state index contributed by atoms with van der Waals surface area (Å²) in [6.07, 6.45) is -0.576. The first-order chi connectivity index (χ1) is 6.99. The second-order valence-corrected chi connectivity index (χ2v) is 3.70. The first-order valence-electron chi connectivity index (χ1n) is 4.46. The van der Waals surface area contributed by atoms with E-state index in [4.69, 9.17) is 11.5 Å². The van der Waals surface area contributed by atoms with Crippen LogP contribution in [0.5, 0.6) is 0 Å². The molecule has 1 aromatic heterocycles. The third-order valence-corrected chi connectivity index (χ3v) is 2.70. The molecule has 0 aliphatic rings. The van der Waals surface area contributed by atoms with Gasteiger partial charge in [-0.25, -0.2) is 4.98 Å². The Kier molecular flexibility index (Phi) is 3.78. The summed E-state index contributed by atoms with van der Waals surface area (Å²) in [5.41, 5.74) is 12.6. The van der Waals surface area contributed by atoms with Crippen molar-refractivity contribution in [2.24, 2.45) is 0 Å². The second-order valence-electron chi connectivity index (χ2n) is 3.33. The van der Waals surface area contributed by atoms with Crippen LogP contribution in [-0.2, 0) is 0 Å². The van der Waals surface area contributed by atoms with Gasteiger partial charge in [0.1, 0.15) is 11.9 Å². The summed E-state index contributed by atoms with van der Waals surface area (Å²) in [6, 6.07) is 0. The number of thiol groups is 1. The van der Waals surface area contributed by atoms with Gasteiger partial charge in [0.15, 0.2) is 0 Å². The standard InChI is InChI=1S/C9H15N3O2S/c1-4-5(8(14)6(13)3-15)2-12-9(11)7(4)10/h2,6,8,13-15H,3,10H2,1H3,(H2,11,12). The van der Waals surface area contributed by atoms with Gasteiger partial charge in [0.2, 0.25) is 0 Å². The summed E-state index contributed by atoms with van der Waals surface area (Å²) in [7, 11) is 0. The summed E-state index contributed by atoms with van der Waals surface area (Å²) in [5, 5.41) is 19.2. The SMILES string of the molecule is Cc1c(C(O)C(O)CS)cnc(N)c1N. The zero-order chi connectivity index (χ0) is 11.6. The van der Waals surface area contributed by atoms with E-state index in [1.807, 2.05) is 0 Å². The molecule has 1 aromatic rings. The number of nitrogen functional groups attached to an aromatic ring is 2. The van der Waals surface area contributed by atoms with Gasteiger partial charge in [-0.3, -0.25) is 0 Å². The fourth-order valence-electron chi connectivity index (χ4n) is 1.26. The Labute approximate surface area is 93.5 Å². The highest BCUT2D eigenvalue weighted by Gasteiger charge is 2.20. The summed E-state index contributed by atoms with van der Waals surface area (Å²) in [4.78, 5) is 3.83. The molecule has 84 valence electrons. The highest BCUT2D eigenvalue weighted by Crippen LogP contribution is 2.27. The summed E-state index contributed by atoms with van der Waals surface area (Å²) in [5.74, 6) is 0.383. The van der Waals surface area contributed by atoms with Crippen LogP contribution in [-0.4, -0.2) is 27.1 Å². The van der Waals surface area contributed by atoms with E-state index in [0.717, 1.165) is 0 Å². The van der Waals surface area contributed by atoms with Crippen LogP contribution in [0.3, 0.4) is 0 Å². The first-order valence-corrected chi connectivity index (χ1v) is 5.09. The average Bonchev–Trinajstić information content (AvgIpc) is 2.24. The highest BCUT2D eigenvalue weighted by molar-refractivity contribution is 7.80. The van der Waals surface area contributed by atoms with Crippen LogP contribution in [0.4, 0.5) is 11.5 Å². The van der Waals surface area contributed by atoms with Crippen molar-refractivity contribution in [2.75, 3.05) is 17.2 Å². The summed E-state index contributed by atoms with van der Waals surface area (Å²) in [6.45, 7) is 1.72. The maximum Gasteiger partial charge on any atom is 0.146 e. The van der Waals surface area contributed by atoms with E-state index in [1.165, 1.54) is 6.20 Å². The Morgan fingerprint density at radius 1 is 1.47 bits per heavy atom. The molecule has 0 spiro atoms. The van der Waals surface area contributed by atoms with Crippen molar-refractivity contribution in [1.82, 2.24) is 4.98 Å². The van der Waals surface area contributed by atoms with Crippen molar-refractivity contribution < 1.29 is 10.2 Å². The zero-order valence-corrected chi connectivity index (χ0v) is 9.28. The third kappa shape index (κ3) is 2.34. The van der Waals surface area contributed by atoms with Crippen LogP contribution in [0.2, 0.25) is 0 Å². The lowest BCUT2D eigenvalue weighted by Crippen LogP contribution is -2.21. The molecule has 2 unspecified atom stereocenters. The van der Waals surface area contributed by atoms with Gasteiger partial charge in [-0.1, -0.05) is 0 Å². The summed E-state index contributed by atoms with van der Waals surface area (Å²) >= 11 is 3.90. The minimum Gasteiger partial charge on any atom is -0.396 e. The molecule has 0 radical (unpaired) electrons. The smallest absolute Gasteiger partial charge is 0.146 e. The Morgan fingerprint density at radius 3 is 2.60 bits per heavy atom. The second kappa shape index (κ2) is 4.69. The minimum absolute atomic E-state index is 0.158. The molecule has 6 N–H and O–H groups in total. The predicted molar refractivity (Wildman–Crippen MR) is 62.6 cm³/mol. The van der Waals surface area contributed by atoms with Gasteiger partial charge < -0.3 is 21.7 Å². The maximum absolute atomic E-state index is 9.75. The minimum atomic E-state index is -1.04. The third-order valence-electron chi connectivity index (χ3n) is 2.33. The normalized spacial score (nSPS) is 14.9. The van der Waals surface area contributed by atoms with Crippen LogP contribution >= 0.6 is 12.6 Å². The van der Waals surface area contributed by atoms with Gasteiger partial charge in [0.25, 0.3) is 0 Å². The Hall–Kier alpha value is -0.980. The first kappa shape index (κ1) is 12.1. The lowest BCUT2D eigenvalue weighted by molar-refractivity contribution is 0.0332. The number of aliphatic hydroxyl groups excluding tert-OH is 2. The molecule has 0 aromatic carbocycles. The number of nitrogens with two attached hydrogens (primary N) is 2. The lowest BCUT2D eigenvalue weighted by atomic mass is 10.0. The van der Waals surface area contributed by atoms with E-state index in [0.29, 0.717) is 16.8 Å². The molecule has 1 rings (SSSR count). The van der Waals surface area contributed by atoms with Gasteiger partial charge in [-0.05, 0) is 12.5 Å². The van der Waals surface area contributed by atoms with Crippen LogP contribution in [0.15, 0.2) is 6.20 Å². The maximum atomic E-state index is 9.75. The van der Waals surface area contributed by atoms with Crippen molar-refractivity contribution in [1.29, 1.82) is 0 Å². The molecule has 5 nitrogen and oxygen atoms in total. The monoisotopic (exact) mass is 229 g/mol. The van der Waals surface area contributed by atoms with Gasteiger partial charge >= 0.3 is 0 Å². The summed E-state index contributed by atoms with van der Waals surface area (Å²) < 4.78 is 0. The van der Waals surface area contributed by atoms with E-state index >= 15 is 0 Å². The number of hydrogen-bond donors (Lipinski definition) is 5. The number of nitrogens with zero attached hydrogens (tertiary/aromatic N) is 1. The molecule has 6 heteroatoms. The molecule has 0 saturated carbocycles. The van der Waals surface area contributed by atoms with E-state index in [1.54, 1.807) is 6.92 Å². The molecule has 0 bridgehead atoms. The molecule has 2 atom stereocenters. The van der Waals surface area contributed by atoms with Crippen molar-refractivity contribution in [3.63, 3.8) is 0 Å². The van der Waals surface area contributed by atoms with E-state index in [2.05, 4.69) is 17.6 Å². The van der Waals surface area contributed by atoms with Crippen molar-refractivity contribution >= 4 is 24.1 Å². The van der Waals surface area contributed by atoms with Gasteiger partial charge in [-0.2, -0.15) is 12.6 Å². The Bertz CT molecular complexity index is 359. The molecule has 0 amide bonds. The number of anilines is 2. The number of aliphatic hydroxyl groups is 2. The van der Waals surface area contributed by atoms with Crippen LogP contribution in [0.25, 0.3) is 0 Å². The molecular formula is C9H15N3O2S. The Balaban J connectivity index is 3.10. The van der Waals surface area contributed by atoms with Crippen molar-refractivity contribution in [3.05, 3.63) is 17.3 Å². The van der Waals surface area contributed by atoms with E-state index in [-0.39, 0.29) is 11.6 Å². The molecule has 1 heterocycles. The van der Waals surface area contributed by atoms with Gasteiger partial charge in [-0.15, -0.1) is 0 Å². The van der Waals surface area contributed by atoms with Crippen molar-refractivity contribution in [2.45, 2.75) is 19.1 Å². The topological polar surface area (TPSA) is 105 Å². The predicted octanol–water partition coefficient (Wildman–Crippen LogP) is -0.121. The average molecular weight is 229 g/mol. The molecule has 0 fully saturated rings. The van der Waals surface area contributed by atoms with Crippen LogP contribution in [0, 0.1) is 6.92 Å². The fourth-order valence-corrected chi connectivity index (χ4v) is 1.46. The van der Waals surface area contributed by atoms with E-state index < -0.39 is 12.2 Å². The highest BCUT2D eigenvalue weighted by atomic mass is 32.1. The Morgan fingerprint density at radius 2 is 2.07 bits per heavy atom. The largest absolute Gasteiger partial charge is 0.396 e. The number of pyridine rings is 1. The fraction of sp³-hybridized carbons (Fsp3) is 0.444. The van der Waals surface area contributed by atoms with Crippen LogP contribution in [0.1, 0.15) is 17.2 Å². The number of hydrogen-bond acceptors (Lipinski definition) is 6. The lowest BCUT2D eigenvalue weighted by Gasteiger charge is -2.19. The molecule has 15 heavy (non-hydrogen) atoms. The molecule has 0 saturated heterocycles. The number of rotatable bonds is 3. The number of aromatic nitrogens is 1. The van der Waals surface area contributed by atoms with Crippen molar-refractivity contribution in [3.8, 4) is 0 Å².